The van der Waals surface area contributed by atoms with Gasteiger partial charge in [0.05, 0.1) is 42.7 Å². The van der Waals surface area contributed by atoms with Crippen molar-refractivity contribution in [3.05, 3.63) is 59.2 Å². The summed E-state index contributed by atoms with van der Waals surface area (Å²) >= 11 is 0. The first-order valence-electron chi connectivity index (χ1n) is 11.8. The molecule has 0 bridgehead atoms. The third-order valence-electron chi connectivity index (χ3n) is 5.87. The maximum Gasteiger partial charge on any atom is 0.203 e. The van der Waals surface area contributed by atoms with Crippen LogP contribution < -0.4 is 33.7 Å². The van der Waals surface area contributed by atoms with Crippen LogP contribution in [0.3, 0.4) is 0 Å². The Bertz CT molecular complexity index is 1280. The zero-order valence-corrected chi connectivity index (χ0v) is 22.4. The van der Waals surface area contributed by atoms with Gasteiger partial charge in [-0.1, -0.05) is 12.2 Å². The first-order valence-corrected chi connectivity index (χ1v) is 11.8. The summed E-state index contributed by atoms with van der Waals surface area (Å²) in [4.78, 5) is 12.7. The predicted octanol–water partition coefficient (Wildman–Crippen LogP) is 5.30. The molecule has 3 aromatic rings. The largest absolute Gasteiger partial charge is 0.504 e. The van der Waals surface area contributed by atoms with Crippen LogP contribution in [0.25, 0.3) is 12.2 Å². The zero-order valence-electron chi connectivity index (χ0n) is 22.4. The molecule has 38 heavy (non-hydrogen) atoms. The SMILES string of the molecule is COc1ccc(C(=O)CCNc2cc(OC)c(OC)cc2/C=C\c2cc(OC)c(OC)c(OC)c2)cc1O. The number of hydrogen-bond acceptors (Lipinski definition) is 9. The maximum absolute atomic E-state index is 12.7. The van der Waals surface area contributed by atoms with E-state index in [9.17, 15) is 9.90 Å². The van der Waals surface area contributed by atoms with E-state index >= 15 is 0 Å². The van der Waals surface area contributed by atoms with Crippen molar-refractivity contribution in [3.63, 3.8) is 0 Å². The normalized spacial score (nSPS) is 10.7. The van der Waals surface area contributed by atoms with Crippen LogP contribution >= 0.6 is 0 Å². The molecule has 3 rings (SSSR count). The van der Waals surface area contributed by atoms with E-state index in [-0.39, 0.29) is 18.0 Å². The summed E-state index contributed by atoms with van der Waals surface area (Å²) in [6.07, 6.45) is 4.02. The Labute approximate surface area is 222 Å². The molecule has 0 heterocycles. The van der Waals surface area contributed by atoms with Crippen LogP contribution in [0.1, 0.15) is 27.9 Å². The summed E-state index contributed by atoms with van der Waals surface area (Å²) < 4.78 is 32.3. The summed E-state index contributed by atoms with van der Waals surface area (Å²) in [5.41, 5.74) is 2.79. The molecule has 2 N–H and O–H groups in total. The number of ether oxygens (including phenoxy) is 6. The van der Waals surface area contributed by atoms with Gasteiger partial charge in [-0.15, -0.1) is 0 Å². The Morgan fingerprint density at radius 1 is 0.737 bits per heavy atom. The van der Waals surface area contributed by atoms with Crippen molar-refractivity contribution in [2.45, 2.75) is 6.42 Å². The minimum Gasteiger partial charge on any atom is -0.504 e. The van der Waals surface area contributed by atoms with Crippen LogP contribution in [-0.4, -0.2) is 60.1 Å². The quantitative estimate of drug-likeness (QED) is 0.228. The van der Waals surface area contributed by atoms with E-state index in [4.69, 9.17) is 28.4 Å². The predicted molar refractivity (Wildman–Crippen MR) is 147 cm³/mol. The highest BCUT2D eigenvalue weighted by Gasteiger charge is 2.14. The molecule has 0 spiro atoms. The number of anilines is 1. The van der Waals surface area contributed by atoms with Crippen LogP contribution in [0.15, 0.2) is 42.5 Å². The number of nitrogens with one attached hydrogen (secondary N) is 1. The summed E-state index contributed by atoms with van der Waals surface area (Å²) in [5, 5.41) is 13.3. The molecule has 0 aliphatic carbocycles. The van der Waals surface area contributed by atoms with Gasteiger partial charge >= 0.3 is 0 Å². The molecule has 0 amide bonds. The second-order valence-electron chi connectivity index (χ2n) is 8.07. The number of methoxy groups -OCH3 is 6. The molecule has 0 saturated carbocycles. The third-order valence-corrected chi connectivity index (χ3v) is 5.87. The Morgan fingerprint density at radius 3 is 1.89 bits per heavy atom. The van der Waals surface area contributed by atoms with Gasteiger partial charge in [0.2, 0.25) is 5.75 Å². The number of phenolic OH excluding ortho intramolecular Hbond substituents is 1. The summed E-state index contributed by atoms with van der Waals surface area (Å²) in [6.45, 7) is 0.353. The lowest BCUT2D eigenvalue weighted by Crippen LogP contribution is -2.10. The Hall–Kier alpha value is -4.53. The van der Waals surface area contributed by atoms with E-state index in [0.29, 0.717) is 46.6 Å². The number of Topliss-reactive ketones (excluding diaryl/α,β-unsaturated/α-hetero) is 1. The molecule has 9 nitrogen and oxygen atoms in total. The molecule has 0 aliphatic rings. The summed E-state index contributed by atoms with van der Waals surface area (Å²) in [6, 6.07) is 11.9. The van der Waals surface area contributed by atoms with E-state index in [2.05, 4.69) is 5.32 Å². The molecule has 0 fully saturated rings. The van der Waals surface area contributed by atoms with E-state index in [1.54, 1.807) is 47.7 Å². The first-order chi connectivity index (χ1) is 18.4. The number of aromatic hydroxyl groups is 1. The smallest absolute Gasteiger partial charge is 0.203 e. The van der Waals surface area contributed by atoms with Crippen molar-refractivity contribution in [2.24, 2.45) is 0 Å². The topological polar surface area (TPSA) is 105 Å². The fourth-order valence-corrected chi connectivity index (χ4v) is 3.89. The van der Waals surface area contributed by atoms with E-state index in [1.165, 1.54) is 13.2 Å². The lowest BCUT2D eigenvalue weighted by molar-refractivity contribution is 0.0986. The van der Waals surface area contributed by atoms with Crippen LogP contribution in [0, 0.1) is 0 Å². The van der Waals surface area contributed by atoms with Gasteiger partial charge in [0.25, 0.3) is 0 Å². The van der Waals surface area contributed by atoms with Gasteiger partial charge in [-0.3, -0.25) is 4.79 Å². The molecular formula is C29H33NO8. The van der Waals surface area contributed by atoms with Crippen molar-refractivity contribution in [1.29, 1.82) is 0 Å². The van der Waals surface area contributed by atoms with Crippen molar-refractivity contribution < 1.29 is 38.3 Å². The van der Waals surface area contributed by atoms with Crippen molar-refractivity contribution in [1.82, 2.24) is 0 Å². The second-order valence-corrected chi connectivity index (χ2v) is 8.07. The molecule has 0 saturated heterocycles. The number of rotatable bonds is 13. The first kappa shape index (κ1) is 28.0. The van der Waals surface area contributed by atoms with Gasteiger partial charge in [-0.05, 0) is 42.0 Å². The minimum absolute atomic E-state index is 0.0783. The fourth-order valence-electron chi connectivity index (χ4n) is 3.89. The number of phenols is 1. The molecule has 0 aliphatic heterocycles. The molecule has 0 radical (unpaired) electrons. The minimum atomic E-state index is -0.120. The Kier molecular flexibility index (Phi) is 9.70. The molecule has 202 valence electrons. The molecule has 0 aromatic heterocycles. The van der Waals surface area contributed by atoms with Gasteiger partial charge in [0.15, 0.2) is 40.3 Å². The maximum atomic E-state index is 12.7. The average Bonchev–Trinajstić information content (AvgIpc) is 2.95. The van der Waals surface area contributed by atoms with Gasteiger partial charge < -0.3 is 38.8 Å². The summed E-state index contributed by atoms with van der Waals surface area (Å²) in [7, 11) is 9.27. The van der Waals surface area contributed by atoms with E-state index in [0.717, 1.165) is 16.8 Å². The van der Waals surface area contributed by atoms with Gasteiger partial charge in [-0.2, -0.15) is 0 Å². The number of ketones is 1. The molecule has 9 heteroatoms. The highest BCUT2D eigenvalue weighted by atomic mass is 16.5. The zero-order chi connectivity index (χ0) is 27.7. The van der Waals surface area contributed by atoms with Crippen molar-refractivity contribution in [2.75, 3.05) is 54.5 Å². The molecule has 3 aromatic carbocycles. The van der Waals surface area contributed by atoms with Gasteiger partial charge in [0.1, 0.15) is 0 Å². The van der Waals surface area contributed by atoms with Crippen LogP contribution in [-0.2, 0) is 0 Å². The van der Waals surface area contributed by atoms with Gasteiger partial charge in [0, 0.05) is 35.8 Å². The van der Waals surface area contributed by atoms with Crippen LogP contribution in [0.4, 0.5) is 5.69 Å². The third kappa shape index (κ3) is 6.42. The van der Waals surface area contributed by atoms with Gasteiger partial charge in [-0.25, -0.2) is 0 Å². The highest BCUT2D eigenvalue weighted by molar-refractivity contribution is 5.97. The second kappa shape index (κ2) is 13.1. The van der Waals surface area contributed by atoms with Crippen molar-refractivity contribution >= 4 is 23.6 Å². The van der Waals surface area contributed by atoms with Crippen molar-refractivity contribution in [3.8, 4) is 40.2 Å². The Balaban J connectivity index is 1.85. The van der Waals surface area contributed by atoms with Crippen LogP contribution in [0.2, 0.25) is 0 Å². The standard InChI is InChI=1S/C29H33NO8/c1-33-24-10-9-20(15-23(24)32)22(31)11-12-30-21-17-26(35-3)25(34-2)16-19(21)8-7-18-13-27(36-4)29(38-6)28(14-18)37-5/h7-10,13-17,30,32H,11-12H2,1-6H3/b8-7-. The monoisotopic (exact) mass is 523 g/mol. The fraction of sp³-hybridized carbons (Fsp3) is 0.276. The number of carbonyl (C=O) groups excluding carboxylic acids is 1. The van der Waals surface area contributed by atoms with E-state index < -0.39 is 0 Å². The van der Waals surface area contributed by atoms with Crippen LogP contribution in [0.5, 0.6) is 40.2 Å². The number of benzene rings is 3. The number of carbonyl (C=O) groups is 1. The lowest BCUT2D eigenvalue weighted by Gasteiger charge is -2.15. The average molecular weight is 524 g/mol. The number of hydrogen-bond donors (Lipinski definition) is 2. The molecule has 0 unspecified atom stereocenters. The van der Waals surface area contributed by atoms with E-state index in [1.807, 2.05) is 36.4 Å². The highest BCUT2D eigenvalue weighted by Crippen LogP contribution is 2.39. The Morgan fingerprint density at radius 2 is 1.34 bits per heavy atom. The molecule has 0 atom stereocenters. The molecular weight excluding hydrogens is 490 g/mol. The summed E-state index contributed by atoms with van der Waals surface area (Å²) in [5.74, 6) is 2.82. The lowest BCUT2D eigenvalue weighted by atomic mass is 10.1.